The Balaban J connectivity index is 2.67. The zero-order valence-electron chi connectivity index (χ0n) is 6.37. The molecule has 2 rings (SSSR count). The number of hydrogen-bond donors (Lipinski definition) is 0. The molecule has 4 heteroatoms. The lowest BCUT2D eigenvalue weighted by atomic mass is 10.3. The van der Waals surface area contributed by atoms with Gasteiger partial charge in [0.15, 0.2) is 0 Å². The van der Waals surface area contributed by atoms with Gasteiger partial charge in [-0.25, -0.2) is 9.37 Å². The number of thiazole rings is 1. The third kappa shape index (κ3) is 1.14. The number of ether oxygens (including phenoxy) is 1. The van der Waals surface area contributed by atoms with Gasteiger partial charge in [0, 0.05) is 0 Å². The van der Waals surface area contributed by atoms with Crippen LogP contribution in [0.1, 0.15) is 0 Å². The summed E-state index contributed by atoms with van der Waals surface area (Å²) in [7, 11) is 1.55. The Morgan fingerprint density at radius 1 is 1.50 bits per heavy atom. The average Bonchev–Trinajstić information content (AvgIpc) is 2.46. The molecular weight excluding hydrogens is 177 g/mol. The molecule has 2 nitrogen and oxygen atoms in total. The van der Waals surface area contributed by atoms with Crippen molar-refractivity contribution in [1.82, 2.24) is 4.98 Å². The summed E-state index contributed by atoms with van der Waals surface area (Å²) in [6.07, 6.45) is 0. The van der Waals surface area contributed by atoms with Crippen molar-refractivity contribution in [3.8, 4) is 5.19 Å². The number of benzene rings is 1. The zero-order chi connectivity index (χ0) is 8.55. The Morgan fingerprint density at radius 3 is 3.08 bits per heavy atom. The number of rotatable bonds is 1. The van der Waals surface area contributed by atoms with Gasteiger partial charge in [0.05, 0.1) is 17.3 Å². The molecule has 0 saturated heterocycles. The fourth-order valence-electron chi connectivity index (χ4n) is 0.965. The number of methoxy groups -OCH3 is 1. The van der Waals surface area contributed by atoms with E-state index in [1.165, 1.54) is 23.5 Å². The minimum atomic E-state index is -0.242. The highest BCUT2D eigenvalue weighted by Gasteiger charge is 2.03. The molecule has 0 radical (unpaired) electrons. The second-order valence-corrected chi connectivity index (χ2v) is 3.29. The summed E-state index contributed by atoms with van der Waals surface area (Å²) in [5.74, 6) is -0.242. The van der Waals surface area contributed by atoms with Gasteiger partial charge in [0.1, 0.15) is 5.82 Å². The van der Waals surface area contributed by atoms with Crippen LogP contribution in [-0.4, -0.2) is 12.1 Å². The number of hydrogen-bond acceptors (Lipinski definition) is 3. The maximum atomic E-state index is 12.7. The Labute approximate surface area is 72.6 Å². The van der Waals surface area contributed by atoms with E-state index in [2.05, 4.69) is 4.98 Å². The highest BCUT2D eigenvalue weighted by Crippen LogP contribution is 2.27. The average molecular weight is 183 g/mol. The van der Waals surface area contributed by atoms with Crippen molar-refractivity contribution < 1.29 is 9.13 Å². The van der Waals surface area contributed by atoms with Crippen LogP contribution in [0.4, 0.5) is 4.39 Å². The number of aromatic nitrogens is 1. The normalized spacial score (nSPS) is 10.5. The quantitative estimate of drug-likeness (QED) is 0.677. The van der Waals surface area contributed by atoms with E-state index < -0.39 is 0 Å². The molecule has 0 N–H and O–H groups in total. The van der Waals surface area contributed by atoms with Gasteiger partial charge >= 0.3 is 0 Å². The molecule has 0 aliphatic rings. The van der Waals surface area contributed by atoms with E-state index in [0.29, 0.717) is 5.19 Å². The van der Waals surface area contributed by atoms with Gasteiger partial charge in [-0.1, -0.05) is 11.3 Å². The maximum absolute atomic E-state index is 12.7. The summed E-state index contributed by atoms with van der Waals surface area (Å²) in [5, 5.41) is 0.565. The fraction of sp³-hybridized carbons (Fsp3) is 0.125. The molecule has 2 aromatic rings. The van der Waals surface area contributed by atoms with E-state index in [9.17, 15) is 4.39 Å². The largest absolute Gasteiger partial charge is 0.473 e. The van der Waals surface area contributed by atoms with E-state index >= 15 is 0 Å². The predicted molar refractivity (Wildman–Crippen MR) is 46.1 cm³/mol. The molecule has 12 heavy (non-hydrogen) atoms. The van der Waals surface area contributed by atoms with Crippen molar-refractivity contribution in [2.24, 2.45) is 0 Å². The van der Waals surface area contributed by atoms with Crippen molar-refractivity contribution in [3.63, 3.8) is 0 Å². The Morgan fingerprint density at radius 2 is 2.33 bits per heavy atom. The van der Waals surface area contributed by atoms with Crippen LogP contribution in [0.15, 0.2) is 18.2 Å². The van der Waals surface area contributed by atoms with Crippen LogP contribution in [-0.2, 0) is 0 Å². The van der Waals surface area contributed by atoms with Crippen molar-refractivity contribution in [1.29, 1.82) is 0 Å². The van der Waals surface area contributed by atoms with Gasteiger partial charge in [-0.2, -0.15) is 0 Å². The van der Waals surface area contributed by atoms with Crippen molar-refractivity contribution >= 4 is 21.6 Å². The lowest BCUT2D eigenvalue weighted by Gasteiger charge is -1.85. The molecule has 1 aromatic carbocycles. The van der Waals surface area contributed by atoms with Crippen molar-refractivity contribution in [2.45, 2.75) is 0 Å². The van der Waals surface area contributed by atoms with Gasteiger partial charge in [-0.3, -0.25) is 0 Å². The van der Waals surface area contributed by atoms with Gasteiger partial charge in [-0.15, -0.1) is 0 Å². The summed E-state index contributed by atoms with van der Waals surface area (Å²) in [5.41, 5.74) is 0.776. The minimum absolute atomic E-state index is 0.242. The summed E-state index contributed by atoms with van der Waals surface area (Å²) < 4.78 is 18.4. The van der Waals surface area contributed by atoms with Crippen LogP contribution in [0.2, 0.25) is 0 Å². The second-order valence-electron chi connectivity index (χ2n) is 2.30. The Kier molecular flexibility index (Phi) is 1.69. The fourth-order valence-corrected chi connectivity index (χ4v) is 1.77. The molecule has 0 atom stereocenters. The summed E-state index contributed by atoms with van der Waals surface area (Å²) in [6.45, 7) is 0. The molecule has 1 aromatic heterocycles. The van der Waals surface area contributed by atoms with Crippen molar-refractivity contribution in [3.05, 3.63) is 24.0 Å². The summed E-state index contributed by atoms with van der Waals surface area (Å²) in [4.78, 5) is 4.10. The number of halogens is 1. The Bertz CT molecular complexity index is 412. The molecule has 0 spiro atoms. The van der Waals surface area contributed by atoms with Crippen LogP contribution in [0.3, 0.4) is 0 Å². The van der Waals surface area contributed by atoms with E-state index in [1.807, 2.05) is 0 Å². The molecule has 62 valence electrons. The molecule has 0 amide bonds. The summed E-state index contributed by atoms with van der Waals surface area (Å²) >= 11 is 1.34. The van der Waals surface area contributed by atoms with Gasteiger partial charge in [0.25, 0.3) is 5.19 Å². The highest BCUT2D eigenvalue weighted by molar-refractivity contribution is 7.20. The van der Waals surface area contributed by atoms with Crippen LogP contribution >= 0.6 is 11.3 Å². The van der Waals surface area contributed by atoms with Gasteiger partial charge in [0.2, 0.25) is 0 Å². The Hall–Kier alpha value is -1.16. The smallest absolute Gasteiger partial charge is 0.274 e. The number of nitrogens with zero attached hydrogens (tertiary/aromatic N) is 1. The number of fused-ring (bicyclic) bond motifs is 1. The molecule has 0 aliphatic heterocycles. The lowest BCUT2D eigenvalue weighted by molar-refractivity contribution is 0.413. The maximum Gasteiger partial charge on any atom is 0.274 e. The van der Waals surface area contributed by atoms with E-state index in [1.54, 1.807) is 13.2 Å². The van der Waals surface area contributed by atoms with Crippen LogP contribution < -0.4 is 4.74 Å². The lowest BCUT2D eigenvalue weighted by Crippen LogP contribution is -1.78. The van der Waals surface area contributed by atoms with Crippen molar-refractivity contribution in [2.75, 3.05) is 7.11 Å². The second kappa shape index (κ2) is 2.71. The molecule has 1 heterocycles. The van der Waals surface area contributed by atoms with Crippen LogP contribution in [0.5, 0.6) is 5.19 Å². The predicted octanol–water partition coefficient (Wildman–Crippen LogP) is 2.44. The SMILES string of the molecule is COc1nc2ccc(F)cc2s1. The molecule has 0 aliphatic carbocycles. The van der Waals surface area contributed by atoms with Crippen LogP contribution in [0.25, 0.3) is 10.2 Å². The monoisotopic (exact) mass is 183 g/mol. The van der Waals surface area contributed by atoms with Gasteiger partial charge in [-0.05, 0) is 18.2 Å². The first-order chi connectivity index (χ1) is 5.79. The van der Waals surface area contributed by atoms with Gasteiger partial charge < -0.3 is 4.74 Å². The summed E-state index contributed by atoms with van der Waals surface area (Å²) in [6, 6.07) is 4.49. The molecule has 0 bridgehead atoms. The standard InChI is InChI=1S/C8H6FNOS/c1-11-8-10-6-3-2-5(9)4-7(6)12-8/h2-4H,1H3. The molecule has 0 unspecified atom stereocenters. The molecular formula is C8H6FNOS. The van der Waals surface area contributed by atoms with E-state index in [-0.39, 0.29) is 5.82 Å². The zero-order valence-corrected chi connectivity index (χ0v) is 7.19. The van der Waals surface area contributed by atoms with E-state index in [0.717, 1.165) is 10.2 Å². The first-order valence-corrected chi connectivity index (χ1v) is 4.21. The molecule has 0 fully saturated rings. The highest BCUT2D eigenvalue weighted by atomic mass is 32.1. The van der Waals surface area contributed by atoms with Crippen LogP contribution in [0, 0.1) is 5.82 Å². The third-order valence-electron chi connectivity index (χ3n) is 1.51. The molecule has 0 saturated carbocycles. The topological polar surface area (TPSA) is 22.1 Å². The first kappa shape index (κ1) is 7.49. The minimum Gasteiger partial charge on any atom is -0.473 e. The van der Waals surface area contributed by atoms with E-state index in [4.69, 9.17) is 4.74 Å². The third-order valence-corrected chi connectivity index (χ3v) is 2.48. The first-order valence-electron chi connectivity index (χ1n) is 3.39.